The van der Waals surface area contributed by atoms with E-state index in [-0.39, 0.29) is 12.4 Å². The van der Waals surface area contributed by atoms with E-state index in [4.69, 9.17) is 9.84 Å². The minimum atomic E-state index is -0.265. The first-order valence-corrected chi connectivity index (χ1v) is 4.65. The normalized spacial score (nSPS) is 10.1. The number of benzene rings is 1. The molecule has 0 saturated carbocycles. The molecule has 0 radical (unpaired) electrons. The molecule has 0 aliphatic heterocycles. The van der Waals surface area contributed by atoms with Crippen LogP contribution in [0.25, 0.3) is 11.4 Å². The van der Waals surface area contributed by atoms with Crippen LogP contribution in [0.3, 0.4) is 0 Å². The number of hydrogen-bond donors (Lipinski definition) is 1. The van der Waals surface area contributed by atoms with E-state index in [1.807, 2.05) is 18.2 Å². The molecule has 6 nitrogen and oxygen atoms in total. The van der Waals surface area contributed by atoms with Crippen molar-refractivity contribution in [3.8, 4) is 17.1 Å². The Morgan fingerprint density at radius 1 is 1.19 bits per heavy atom. The van der Waals surface area contributed by atoms with Crippen molar-refractivity contribution < 1.29 is 9.84 Å². The highest BCUT2D eigenvalue weighted by Gasteiger charge is 2.04. The predicted molar refractivity (Wildman–Crippen MR) is 55.5 cm³/mol. The van der Waals surface area contributed by atoms with Crippen molar-refractivity contribution in [2.45, 2.75) is 6.61 Å². The van der Waals surface area contributed by atoms with E-state index in [0.717, 1.165) is 5.56 Å². The third kappa shape index (κ3) is 2.12. The molecule has 0 aliphatic rings. The second-order valence-electron chi connectivity index (χ2n) is 3.03. The van der Waals surface area contributed by atoms with Crippen LogP contribution in [0.5, 0.6) is 5.75 Å². The zero-order valence-corrected chi connectivity index (χ0v) is 8.66. The smallest absolute Gasteiger partial charge is 0.203 e. The van der Waals surface area contributed by atoms with Crippen molar-refractivity contribution >= 4 is 0 Å². The summed E-state index contributed by atoms with van der Waals surface area (Å²) < 4.78 is 5.08. The van der Waals surface area contributed by atoms with Crippen LogP contribution >= 0.6 is 0 Å². The monoisotopic (exact) mass is 218 g/mol. The molecule has 0 fully saturated rings. The van der Waals surface area contributed by atoms with E-state index in [1.54, 1.807) is 13.2 Å². The number of aliphatic hydroxyl groups is 1. The summed E-state index contributed by atoms with van der Waals surface area (Å²) in [4.78, 5) is 0. The van der Waals surface area contributed by atoms with Gasteiger partial charge in [-0.05, 0) is 12.1 Å². The lowest BCUT2D eigenvalue weighted by Crippen LogP contribution is -2.02. The van der Waals surface area contributed by atoms with Gasteiger partial charge in [-0.2, -0.15) is 0 Å². The molecular formula is C10H10N4O2. The summed E-state index contributed by atoms with van der Waals surface area (Å²) in [6, 6.07) is 7.28. The van der Waals surface area contributed by atoms with Crippen LogP contribution in [-0.4, -0.2) is 32.6 Å². The van der Waals surface area contributed by atoms with Gasteiger partial charge in [-0.1, -0.05) is 12.1 Å². The first kappa shape index (κ1) is 10.4. The average Bonchev–Trinajstić information content (AvgIpc) is 2.39. The highest BCUT2D eigenvalue weighted by molar-refractivity contribution is 5.56. The Kier molecular flexibility index (Phi) is 3.02. The second kappa shape index (κ2) is 4.63. The Hall–Kier alpha value is -2.08. The molecule has 0 atom stereocenters. The second-order valence-corrected chi connectivity index (χ2v) is 3.03. The van der Waals surface area contributed by atoms with Crippen LogP contribution < -0.4 is 4.74 Å². The van der Waals surface area contributed by atoms with Gasteiger partial charge in [0.2, 0.25) is 5.82 Å². The predicted octanol–water partition coefficient (Wildman–Crippen LogP) is 0.434. The largest absolute Gasteiger partial charge is 0.497 e. The summed E-state index contributed by atoms with van der Waals surface area (Å²) in [6.45, 7) is -0.265. The van der Waals surface area contributed by atoms with Crippen molar-refractivity contribution in [1.82, 2.24) is 20.4 Å². The van der Waals surface area contributed by atoms with Gasteiger partial charge >= 0.3 is 0 Å². The van der Waals surface area contributed by atoms with Crippen molar-refractivity contribution in [1.29, 1.82) is 0 Å². The summed E-state index contributed by atoms with van der Waals surface area (Å²) in [7, 11) is 1.59. The summed E-state index contributed by atoms with van der Waals surface area (Å²) in [5, 5.41) is 23.9. The number of aliphatic hydroxyl groups excluding tert-OH is 1. The van der Waals surface area contributed by atoms with Gasteiger partial charge in [-0.25, -0.2) is 0 Å². The minimum Gasteiger partial charge on any atom is -0.497 e. The van der Waals surface area contributed by atoms with Crippen LogP contribution in [-0.2, 0) is 6.61 Å². The van der Waals surface area contributed by atoms with E-state index in [2.05, 4.69) is 20.4 Å². The standard InChI is InChI=1S/C10H10N4O2/c1-16-8-4-2-3-7(5-8)10-13-11-9(6-15)12-14-10/h2-5,15H,6H2,1H3. The molecule has 0 unspecified atom stereocenters. The fraction of sp³-hybridized carbons (Fsp3) is 0.200. The van der Waals surface area contributed by atoms with Gasteiger partial charge in [-0.15, -0.1) is 20.4 Å². The topological polar surface area (TPSA) is 81.0 Å². The van der Waals surface area contributed by atoms with Crippen molar-refractivity contribution in [2.75, 3.05) is 7.11 Å². The number of nitrogens with zero attached hydrogens (tertiary/aromatic N) is 4. The molecule has 0 amide bonds. The van der Waals surface area contributed by atoms with Crippen LogP contribution in [0.15, 0.2) is 24.3 Å². The van der Waals surface area contributed by atoms with Crippen molar-refractivity contribution in [3.05, 3.63) is 30.1 Å². The number of rotatable bonds is 3. The maximum atomic E-state index is 8.76. The molecule has 82 valence electrons. The first-order chi connectivity index (χ1) is 7.83. The number of ether oxygens (including phenoxy) is 1. The zero-order chi connectivity index (χ0) is 11.4. The van der Waals surface area contributed by atoms with Crippen LogP contribution in [0.4, 0.5) is 0 Å². The Balaban J connectivity index is 2.34. The zero-order valence-electron chi connectivity index (χ0n) is 8.66. The highest BCUT2D eigenvalue weighted by Crippen LogP contribution is 2.19. The molecule has 16 heavy (non-hydrogen) atoms. The van der Waals surface area contributed by atoms with E-state index in [1.165, 1.54) is 0 Å². The van der Waals surface area contributed by atoms with Crippen molar-refractivity contribution in [2.24, 2.45) is 0 Å². The molecule has 6 heteroatoms. The molecule has 1 N–H and O–H groups in total. The van der Waals surface area contributed by atoms with Crippen LogP contribution in [0.1, 0.15) is 5.82 Å². The van der Waals surface area contributed by atoms with E-state index < -0.39 is 0 Å². The quantitative estimate of drug-likeness (QED) is 0.804. The lowest BCUT2D eigenvalue weighted by Gasteiger charge is -2.02. The number of hydrogen-bond acceptors (Lipinski definition) is 6. The molecular weight excluding hydrogens is 208 g/mol. The Labute approximate surface area is 91.9 Å². The summed E-state index contributed by atoms with van der Waals surface area (Å²) in [5.41, 5.74) is 0.767. The molecule has 0 spiro atoms. The average molecular weight is 218 g/mol. The maximum absolute atomic E-state index is 8.76. The van der Waals surface area contributed by atoms with Gasteiger partial charge in [0.05, 0.1) is 7.11 Å². The van der Waals surface area contributed by atoms with Gasteiger partial charge in [0.25, 0.3) is 0 Å². The van der Waals surface area contributed by atoms with Gasteiger partial charge in [0, 0.05) is 5.56 Å². The molecule has 2 rings (SSSR count). The third-order valence-electron chi connectivity index (χ3n) is 1.99. The summed E-state index contributed by atoms with van der Waals surface area (Å²) in [6.07, 6.45) is 0. The number of aromatic nitrogens is 4. The summed E-state index contributed by atoms with van der Waals surface area (Å²) >= 11 is 0. The minimum absolute atomic E-state index is 0.201. The molecule has 0 bridgehead atoms. The maximum Gasteiger partial charge on any atom is 0.203 e. The van der Waals surface area contributed by atoms with Crippen LogP contribution in [0, 0.1) is 0 Å². The molecule has 1 aromatic carbocycles. The first-order valence-electron chi connectivity index (χ1n) is 4.65. The third-order valence-corrected chi connectivity index (χ3v) is 1.99. The molecule has 0 saturated heterocycles. The van der Waals surface area contributed by atoms with Gasteiger partial charge < -0.3 is 9.84 Å². The summed E-state index contributed by atoms with van der Waals surface area (Å²) in [5.74, 6) is 1.31. The van der Waals surface area contributed by atoms with E-state index >= 15 is 0 Å². The molecule has 1 aromatic heterocycles. The van der Waals surface area contributed by atoms with Gasteiger partial charge in [0.1, 0.15) is 12.4 Å². The van der Waals surface area contributed by atoms with Gasteiger partial charge in [-0.3, -0.25) is 0 Å². The molecule has 1 heterocycles. The lowest BCUT2D eigenvalue weighted by molar-refractivity contribution is 0.267. The van der Waals surface area contributed by atoms with E-state index in [9.17, 15) is 0 Å². The van der Waals surface area contributed by atoms with E-state index in [0.29, 0.717) is 11.6 Å². The highest BCUT2D eigenvalue weighted by atomic mass is 16.5. The number of methoxy groups -OCH3 is 1. The Morgan fingerprint density at radius 2 is 1.94 bits per heavy atom. The SMILES string of the molecule is COc1cccc(-c2nnc(CO)nn2)c1. The fourth-order valence-corrected chi connectivity index (χ4v) is 1.19. The molecule has 0 aliphatic carbocycles. The van der Waals surface area contributed by atoms with Crippen molar-refractivity contribution in [3.63, 3.8) is 0 Å². The fourth-order valence-electron chi connectivity index (χ4n) is 1.19. The lowest BCUT2D eigenvalue weighted by atomic mass is 10.2. The Morgan fingerprint density at radius 3 is 2.56 bits per heavy atom. The molecule has 2 aromatic rings. The van der Waals surface area contributed by atoms with Gasteiger partial charge in [0.15, 0.2) is 5.82 Å². The Bertz CT molecular complexity index is 473. The van der Waals surface area contributed by atoms with Crippen LogP contribution in [0.2, 0.25) is 0 Å².